The minimum atomic E-state index is -1.42. The van der Waals surface area contributed by atoms with Crippen LogP contribution in [0.5, 0.6) is 5.75 Å². The van der Waals surface area contributed by atoms with Gasteiger partial charge in [0.25, 0.3) is 0 Å². The van der Waals surface area contributed by atoms with Gasteiger partial charge in [-0.05, 0) is 42.2 Å². The lowest BCUT2D eigenvalue weighted by Gasteiger charge is -2.26. The normalized spacial score (nSPS) is 17.4. The highest BCUT2D eigenvalue weighted by Gasteiger charge is 2.50. The van der Waals surface area contributed by atoms with E-state index in [0.717, 1.165) is 11.1 Å². The van der Waals surface area contributed by atoms with Crippen molar-refractivity contribution in [2.45, 2.75) is 50.1 Å². The molecule has 4 rings (SSSR count). The highest BCUT2D eigenvalue weighted by atomic mass is 16.6. The number of carbonyl (C=O) groups excluding carboxylic acids is 3. The van der Waals surface area contributed by atoms with Gasteiger partial charge in [-0.25, -0.2) is 4.79 Å². The molecule has 1 aliphatic heterocycles. The van der Waals surface area contributed by atoms with Crippen LogP contribution >= 0.6 is 0 Å². The fraction of sp³-hybridized carbons (Fsp3) is 0.333. The molecule has 1 heterocycles. The number of benzene rings is 3. The predicted octanol–water partition coefficient (Wildman–Crippen LogP) is 2.66. The molecule has 0 aliphatic carbocycles. The minimum Gasteiger partial charge on any atom is -0.497 e. The van der Waals surface area contributed by atoms with E-state index in [9.17, 15) is 24.3 Å². The number of ketones is 1. The van der Waals surface area contributed by atoms with Crippen molar-refractivity contribution >= 4 is 23.7 Å². The van der Waals surface area contributed by atoms with E-state index in [2.05, 4.69) is 16.0 Å². The molecule has 4 N–H and O–H groups in total. The maximum Gasteiger partial charge on any atom is 0.405 e. The smallest absolute Gasteiger partial charge is 0.405 e. The fourth-order valence-electron chi connectivity index (χ4n) is 4.63. The summed E-state index contributed by atoms with van der Waals surface area (Å²) in [7, 11) is 1.54. The third-order valence-electron chi connectivity index (χ3n) is 7.26. The summed E-state index contributed by atoms with van der Waals surface area (Å²) in [5.74, 6) is -1.01. The number of rotatable bonds is 16. The highest BCUT2D eigenvalue weighted by Crippen LogP contribution is 2.29. The summed E-state index contributed by atoms with van der Waals surface area (Å²) in [6.07, 6.45) is -1.13. The van der Waals surface area contributed by atoms with Crippen LogP contribution in [0.2, 0.25) is 0 Å². The number of Topliss-reactive ketones (excluding diaryl/α,β-unsaturated/α-hetero) is 1. The van der Waals surface area contributed by atoms with Crippen LogP contribution in [0.1, 0.15) is 23.6 Å². The number of hydrogen-bond acceptors (Lipinski definition) is 7. The first-order chi connectivity index (χ1) is 21.2. The summed E-state index contributed by atoms with van der Waals surface area (Å²) in [6.45, 7) is 1.82. The molecular formula is C33H37N3O8. The standard InChI is InChI=1S/C33H37N3O8/c1-33(21-44-33)29(37)26(17-22-9-5-3-6-10-22)34-30(38)27(18-23-13-15-25(42-2)16-14-23)35-31(39)28(36-32(40)41)20-43-19-24-11-7-4-8-12-24/h3-16,26-28,36H,17-21H2,1-2H3,(H,34,38)(H,35,39)(H,40,41)/t26-,27-,28-,33+/m0/s1. The van der Waals surface area contributed by atoms with Crippen LogP contribution < -0.4 is 20.7 Å². The van der Waals surface area contributed by atoms with Crippen molar-refractivity contribution in [3.05, 3.63) is 102 Å². The first-order valence-electron chi connectivity index (χ1n) is 14.2. The molecule has 1 saturated heterocycles. The minimum absolute atomic E-state index is 0.0618. The van der Waals surface area contributed by atoms with Crippen LogP contribution in [0.3, 0.4) is 0 Å². The first-order valence-corrected chi connectivity index (χ1v) is 14.2. The van der Waals surface area contributed by atoms with E-state index in [4.69, 9.17) is 14.2 Å². The molecule has 0 spiro atoms. The van der Waals surface area contributed by atoms with Gasteiger partial charge in [0.15, 0.2) is 5.78 Å². The van der Waals surface area contributed by atoms with Gasteiger partial charge in [-0.1, -0.05) is 72.8 Å². The largest absolute Gasteiger partial charge is 0.497 e. The second-order valence-electron chi connectivity index (χ2n) is 10.8. The van der Waals surface area contributed by atoms with E-state index in [0.29, 0.717) is 11.3 Å². The van der Waals surface area contributed by atoms with Crippen molar-refractivity contribution in [3.8, 4) is 5.75 Å². The summed E-state index contributed by atoms with van der Waals surface area (Å²) in [6, 6.07) is 22.1. The number of amides is 3. The van der Waals surface area contributed by atoms with Crippen molar-refractivity contribution < 1.29 is 38.5 Å². The molecule has 11 heteroatoms. The molecule has 0 saturated carbocycles. The molecule has 3 aromatic rings. The van der Waals surface area contributed by atoms with Gasteiger partial charge in [0.05, 0.1) is 33.0 Å². The summed E-state index contributed by atoms with van der Waals surface area (Å²) in [5.41, 5.74) is 1.40. The number of carbonyl (C=O) groups is 4. The molecule has 1 fully saturated rings. The Kier molecular flexibility index (Phi) is 11.1. The van der Waals surface area contributed by atoms with Crippen LogP contribution in [0.4, 0.5) is 4.79 Å². The molecule has 4 atom stereocenters. The molecule has 0 radical (unpaired) electrons. The Morgan fingerprint density at radius 2 is 1.30 bits per heavy atom. The predicted molar refractivity (Wildman–Crippen MR) is 161 cm³/mol. The molecule has 0 aromatic heterocycles. The van der Waals surface area contributed by atoms with Gasteiger partial charge in [0.1, 0.15) is 23.4 Å². The van der Waals surface area contributed by atoms with Crippen molar-refractivity contribution in [1.29, 1.82) is 0 Å². The van der Waals surface area contributed by atoms with Crippen molar-refractivity contribution in [2.75, 3.05) is 20.3 Å². The average Bonchev–Trinajstić information content (AvgIpc) is 3.78. The Labute approximate surface area is 255 Å². The van der Waals surface area contributed by atoms with E-state index in [1.54, 1.807) is 31.2 Å². The van der Waals surface area contributed by atoms with E-state index in [1.165, 1.54) is 7.11 Å². The molecule has 3 amide bonds. The maximum atomic E-state index is 13.8. The van der Waals surface area contributed by atoms with Crippen molar-refractivity contribution in [2.24, 2.45) is 0 Å². The van der Waals surface area contributed by atoms with Crippen LogP contribution in [-0.2, 0) is 43.3 Å². The van der Waals surface area contributed by atoms with Crippen molar-refractivity contribution in [1.82, 2.24) is 16.0 Å². The second kappa shape index (κ2) is 15.1. The third kappa shape index (κ3) is 9.38. The van der Waals surface area contributed by atoms with Crippen LogP contribution in [0.15, 0.2) is 84.9 Å². The van der Waals surface area contributed by atoms with Crippen LogP contribution in [-0.4, -0.2) is 72.8 Å². The van der Waals surface area contributed by atoms with E-state index >= 15 is 0 Å². The number of ether oxygens (including phenoxy) is 3. The highest BCUT2D eigenvalue weighted by molar-refractivity contribution is 5.98. The quantitative estimate of drug-likeness (QED) is 0.182. The molecule has 0 bridgehead atoms. The molecule has 44 heavy (non-hydrogen) atoms. The Hall–Kier alpha value is -4.74. The van der Waals surface area contributed by atoms with E-state index < -0.39 is 41.6 Å². The number of hydrogen-bond donors (Lipinski definition) is 4. The molecule has 11 nitrogen and oxygen atoms in total. The Balaban J connectivity index is 1.52. The zero-order valence-electron chi connectivity index (χ0n) is 24.7. The second-order valence-corrected chi connectivity index (χ2v) is 10.8. The topological polar surface area (TPSA) is 156 Å². The monoisotopic (exact) mass is 603 g/mol. The average molecular weight is 604 g/mol. The Bertz CT molecular complexity index is 1410. The SMILES string of the molecule is COc1ccc(C[C@H](NC(=O)[C@H](COCc2ccccc2)NC(=O)O)C(=O)N[C@@H](Cc2ccccc2)C(=O)[C@@]2(C)CO2)cc1. The van der Waals surface area contributed by atoms with Gasteiger partial charge in [0.2, 0.25) is 11.8 Å². The van der Waals surface area contributed by atoms with Gasteiger partial charge >= 0.3 is 6.09 Å². The number of nitrogens with one attached hydrogen (secondary N) is 3. The van der Waals surface area contributed by atoms with Crippen LogP contribution in [0, 0.1) is 0 Å². The molecule has 232 valence electrons. The third-order valence-corrected chi connectivity index (χ3v) is 7.26. The number of epoxide rings is 1. The molecule has 1 aliphatic rings. The van der Waals surface area contributed by atoms with Gasteiger partial charge in [-0.15, -0.1) is 0 Å². The van der Waals surface area contributed by atoms with Crippen LogP contribution in [0.25, 0.3) is 0 Å². The zero-order chi connectivity index (χ0) is 31.5. The lowest BCUT2D eigenvalue weighted by atomic mass is 9.94. The van der Waals surface area contributed by atoms with Gasteiger partial charge in [-0.2, -0.15) is 0 Å². The zero-order valence-corrected chi connectivity index (χ0v) is 24.7. The lowest BCUT2D eigenvalue weighted by molar-refractivity contribution is -0.133. The fourth-order valence-corrected chi connectivity index (χ4v) is 4.63. The Morgan fingerprint density at radius 1 is 0.773 bits per heavy atom. The summed E-state index contributed by atoms with van der Waals surface area (Å²) in [4.78, 5) is 52.1. The summed E-state index contributed by atoms with van der Waals surface area (Å²) in [5, 5.41) is 17.1. The van der Waals surface area contributed by atoms with E-state index in [1.807, 2.05) is 60.7 Å². The molecule has 3 aromatic carbocycles. The summed E-state index contributed by atoms with van der Waals surface area (Å²) < 4.78 is 16.2. The summed E-state index contributed by atoms with van der Waals surface area (Å²) >= 11 is 0. The van der Waals surface area contributed by atoms with E-state index in [-0.39, 0.29) is 38.4 Å². The maximum absolute atomic E-state index is 13.8. The van der Waals surface area contributed by atoms with Gasteiger partial charge < -0.3 is 35.3 Å². The number of methoxy groups -OCH3 is 1. The lowest BCUT2D eigenvalue weighted by Crippen LogP contribution is -2.58. The Morgan fingerprint density at radius 3 is 1.86 bits per heavy atom. The number of carboxylic acid groups (broad SMARTS) is 1. The van der Waals surface area contributed by atoms with Gasteiger partial charge in [-0.3, -0.25) is 14.4 Å². The van der Waals surface area contributed by atoms with Crippen molar-refractivity contribution in [3.63, 3.8) is 0 Å². The van der Waals surface area contributed by atoms with Gasteiger partial charge in [0, 0.05) is 6.42 Å². The molecule has 0 unspecified atom stereocenters. The molecular weight excluding hydrogens is 566 g/mol. The first kappa shape index (κ1) is 32.2.